The number of hydrogen-bond donors (Lipinski definition) is 4. The van der Waals surface area contributed by atoms with Crippen LogP contribution in [0.4, 0.5) is 0 Å². The first-order chi connectivity index (χ1) is 12.6. The van der Waals surface area contributed by atoms with Crippen LogP contribution < -0.4 is 0 Å². The normalized spacial score (nSPS) is 56.9. The molecule has 0 unspecified atom stereocenters. The van der Waals surface area contributed by atoms with Gasteiger partial charge in [-0.1, -0.05) is 13.3 Å². The Balaban J connectivity index is 1.82. The third-order valence-electron chi connectivity index (χ3n) is 9.30. The summed E-state index contributed by atoms with van der Waals surface area (Å²) < 4.78 is 5.11. The molecule has 4 rings (SSSR count). The van der Waals surface area contributed by atoms with E-state index in [-0.39, 0.29) is 35.7 Å². The van der Waals surface area contributed by atoms with E-state index in [0.717, 1.165) is 25.7 Å². The predicted octanol–water partition coefficient (Wildman–Crippen LogP) is 1.24. The van der Waals surface area contributed by atoms with Crippen molar-refractivity contribution in [1.82, 2.24) is 0 Å². The Morgan fingerprint density at radius 2 is 1.89 bits per heavy atom. The van der Waals surface area contributed by atoms with E-state index in [1.807, 2.05) is 6.92 Å². The third-order valence-corrected chi connectivity index (χ3v) is 9.30. The maximum atomic E-state index is 12.7. The van der Waals surface area contributed by atoms with E-state index in [1.54, 1.807) is 0 Å². The lowest BCUT2D eigenvalue weighted by atomic mass is 9.39. The van der Waals surface area contributed by atoms with Gasteiger partial charge in [0, 0.05) is 11.3 Å². The molecule has 0 radical (unpaired) electrons. The molecule has 0 aliphatic heterocycles. The van der Waals surface area contributed by atoms with Crippen LogP contribution in [0.25, 0.3) is 0 Å². The molecule has 0 saturated heterocycles. The number of aliphatic hydroxyl groups excluding tert-OH is 3. The van der Waals surface area contributed by atoms with E-state index < -0.39 is 28.6 Å². The van der Waals surface area contributed by atoms with Crippen LogP contribution in [0.15, 0.2) is 0 Å². The first-order valence-corrected chi connectivity index (χ1v) is 10.4. The van der Waals surface area contributed by atoms with Gasteiger partial charge in [0.25, 0.3) is 0 Å². The van der Waals surface area contributed by atoms with Crippen LogP contribution in [0.3, 0.4) is 0 Å². The van der Waals surface area contributed by atoms with Crippen LogP contribution in [0, 0.1) is 34.0 Å². The maximum absolute atomic E-state index is 12.7. The summed E-state index contributed by atoms with van der Waals surface area (Å²) in [5.74, 6) is -0.630. The SMILES string of the molecule is COC(=O)[C@@]1(C)CCC[C@@]2(C)[C@@H]3CC[C@@H]4C[C@]3(C[C@@]4(O)CO)[C@@H](O)[C@@H](O)[C@@H]21. The van der Waals surface area contributed by atoms with Gasteiger partial charge < -0.3 is 25.2 Å². The van der Waals surface area contributed by atoms with Crippen LogP contribution >= 0.6 is 0 Å². The first kappa shape index (κ1) is 19.6. The molecule has 4 aliphatic carbocycles. The van der Waals surface area contributed by atoms with E-state index in [0.29, 0.717) is 19.3 Å². The molecule has 0 amide bonds. The molecule has 4 fully saturated rings. The zero-order chi connectivity index (χ0) is 19.8. The Kier molecular flexibility index (Phi) is 4.29. The van der Waals surface area contributed by atoms with E-state index in [2.05, 4.69) is 6.92 Å². The van der Waals surface area contributed by atoms with Gasteiger partial charge in [0.15, 0.2) is 0 Å². The number of fused-ring (bicyclic) bond motifs is 3. The molecule has 4 N–H and O–H groups in total. The second-order valence-electron chi connectivity index (χ2n) is 10.4. The monoisotopic (exact) mass is 382 g/mol. The van der Waals surface area contributed by atoms with Crippen LogP contribution in [0.2, 0.25) is 0 Å². The van der Waals surface area contributed by atoms with E-state index in [4.69, 9.17) is 4.74 Å². The molecule has 1 spiro atoms. The molecule has 2 bridgehead atoms. The zero-order valence-electron chi connectivity index (χ0n) is 16.6. The Bertz CT molecular complexity index is 638. The molecule has 0 aromatic carbocycles. The summed E-state index contributed by atoms with van der Waals surface area (Å²) in [4.78, 5) is 12.7. The van der Waals surface area contributed by atoms with Crippen molar-refractivity contribution in [2.45, 2.75) is 76.6 Å². The summed E-state index contributed by atoms with van der Waals surface area (Å²) in [5.41, 5.74) is -2.92. The molecule has 154 valence electrons. The van der Waals surface area contributed by atoms with E-state index >= 15 is 0 Å². The fourth-order valence-corrected chi connectivity index (χ4v) is 8.35. The summed E-state index contributed by atoms with van der Waals surface area (Å²) in [6.45, 7) is 3.73. The Hall–Kier alpha value is -0.690. The van der Waals surface area contributed by atoms with Crippen molar-refractivity contribution >= 4 is 5.97 Å². The van der Waals surface area contributed by atoms with Crippen LogP contribution in [0.5, 0.6) is 0 Å². The number of esters is 1. The van der Waals surface area contributed by atoms with Crippen molar-refractivity contribution in [2.24, 2.45) is 34.0 Å². The van der Waals surface area contributed by atoms with E-state index in [1.165, 1.54) is 7.11 Å². The fraction of sp³-hybridized carbons (Fsp3) is 0.952. The van der Waals surface area contributed by atoms with Crippen molar-refractivity contribution < 1.29 is 30.0 Å². The largest absolute Gasteiger partial charge is 0.469 e. The molecule has 4 saturated carbocycles. The molecule has 0 aromatic rings. The predicted molar refractivity (Wildman–Crippen MR) is 97.5 cm³/mol. The molecule has 9 atom stereocenters. The lowest BCUT2D eigenvalue weighted by molar-refractivity contribution is -0.256. The average Bonchev–Trinajstić information content (AvgIpc) is 2.86. The fourth-order valence-electron chi connectivity index (χ4n) is 8.35. The second-order valence-corrected chi connectivity index (χ2v) is 10.4. The van der Waals surface area contributed by atoms with Gasteiger partial charge >= 0.3 is 5.97 Å². The van der Waals surface area contributed by atoms with Gasteiger partial charge in [-0.2, -0.15) is 0 Å². The molecule has 0 aromatic heterocycles. The smallest absolute Gasteiger partial charge is 0.311 e. The van der Waals surface area contributed by atoms with Crippen LogP contribution in [0.1, 0.15) is 58.8 Å². The van der Waals surface area contributed by atoms with Crippen molar-refractivity contribution in [2.75, 3.05) is 13.7 Å². The van der Waals surface area contributed by atoms with Crippen LogP contribution in [-0.2, 0) is 9.53 Å². The highest BCUT2D eigenvalue weighted by atomic mass is 16.5. The molecular formula is C21H34O6. The Morgan fingerprint density at radius 1 is 1.19 bits per heavy atom. The second kappa shape index (κ2) is 5.91. The molecule has 0 heterocycles. The van der Waals surface area contributed by atoms with Gasteiger partial charge in [-0.3, -0.25) is 4.79 Å². The molecular weight excluding hydrogens is 348 g/mol. The minimum atomic E-state index is -1.18. The number of rotatable bonds is 2. The number of methoxy groups -OCH3 is 1. The molecule has 27 heavy (non-hydrogen) atoms. The number of ether oxygens (including phenoxy) is 1. The summed E-state index contributed by atoms with van der Waals surface area (Å²) in [7, 11) is 1.39. The minimum Gasteiger partial charge on any atom is -0.469 e. The topological polar surface area (TPSA) is 107 Å². The van der Waals surface area contributed by atoms with Gasteiger partial charge in [-0.25, -0.2) is 0 Å². The highest BCUT2D eigenvalue weighted by Gasteiger charge is 2.73. The van der Waals surface area contributed by atoms with Gasteiger partial charge in [0.05, 0.1) is 36.9 Å². The first-order valence-electron chi connectivity index (χ1n) is 10.4. The highest BCUT2D eigenvalue weighted by Crippen LogP contribution is 2.72. The molecule has 4 aliphatic rings. The molecule has 6 heteroatoms. The zero-order valence-corrected chi connectivity index (χ0v) is 16.6. The van der Waals surface area contributed by atoms with Crippen molar-refractivity contribution in [3.05, 3.63) is 0 Å². The Labute approximate surface area is 160 Å². The summed E-state index contributed by atoms with van der Waals surface area (Å²) in [6.07, 6.45) is 2.97. The summed E-state index contributed by atoms with van der Waals surface area (Å²) in [5, 5.41) is 43.5. The standard InChI is InChI=1S/C21H34O6/c1-18-7-4-8-19(2,17(25)27-3)15(18)14(23)16(24)20-9-12(5-6-13(18)20)21(26,10-20)11-22/h12-16,22-24,26H,4-11H2,1-3H3/t12-,13+,14+,15+,16+,18+,19+,20-,21-/m1/s1. The van der Waals surface area contributed by atoms with Crippen molar-refractivity contribution in [1.29, 1.82) is 0 Å². The Morgan fingerprint density at radius 3 is 2.52 bits per heavy atom. The number of carbonyl (C=O) groups excluding carboxylic acids is 1. The summed E-state index contributed by atoms with van der Waals surface area (Å²) >= 11 is 0. The van der Waals surface area contributed by atoms with Gasteiger partial charge in [-0.05, 0) is 62.7 Å². The lowest BCUT2D eigenvalue weighted by Gasteiger charge is -2.66. The highest BCUT2D eigenvalue weighted by molar-refractivity contribution is 5.77. The minimum absolute atomic E-state index is 0.0451. The quantitative estimate of drug-likeness (QED) is 0.535. The maximum Gasteiger partial charge on any atom is 0.311 e. The summed E-state index contributed by atoms with van der Waals surface area (Å²) in [6, 6.07) is 0. The van der Waals surface area contributed by atoms with Crippen molar-refractivity contribution in [3.63, 3.8) is 0 Å². The van der Waals surface area contributed by atoms with Gasteiger partial charge in [-0.15, -0.1) is 0 Å². The lowest BCUT2D eigenvalue weighted by Crippen LogP contribution is -2.69. The van der Waals surface area contributed by atoms with Crippen molar-refractivity contribution in [3.8, 4) is 0 Å². The van der Waals surface area contributed by atoms with Gasteiger partial charge in [0.1, 0.15) is 0 Å². The van der Waals surface area contributed by atoms with Crippen LogP contribution in [-0.4, -0.2) is 57.9 Å². The average molecular weight is 382 g/mol. The number of hydrogen-bond acceptors (Lipinski definition) is 6. The third kappa shape index (κ3) is 2.24. The number of carbonyl (C=O) groups is 1. The van der Waals surface area contributed by atoms with E-state index in [9.17, 15) is 25.2 Å². The molecule has 6 nitrogen and oxygen atoms in total. The number of aliphatic hydroxyl groups is 4. The van der Waals surface area contributed by atoms with Gasteiger partial charge in [0.2, 0.25) is 0 Å².